The third kappa shape index (κ3) is 5.60. The van der Waals surface area contributed by atoms with E-state index in [0.717, 1.165) is 33.2 Å². The molecule has 0 radical (unpaired) electrons. The van der Waals surface area contributed by atoms with Gasteiger partial charge in [-0.25, -0.2) is 8.78 Å². The fourth-order valence-electron chi connectivity index (χ4n) is 2.54. The van der Waals surface area contributed by atoms with E-state index in [9.17, 15) is 13.9 Å². The fraction of sp³-hybridized carbons (Fsp3) is 0.211. The lowest BCUT2D eigenvalue weighted by atomic mass is 10.2. The fourth-order valence-corrected chi connectivity index (χ4v) is 3.59. The van der Waals surface area contributed by atoms with Gasteiger partial charge in [-0.2, -0.15) is 0 Å². The highest BCUT2D eigenvalue weighted by Crippen LogP contribution is 2.29. The molecule has 0 aliphatic heterocycles. The van der Waals surface area contributed by atoms with Crippen LogP contribution in [-0.2, 0) is 6.54 Å². The number of halogens is 3. The molecule has 1 atom stereocenters. The number of fused-ring (bicyclic) bond motifs is 1. The van der Waals surface area contributed by atoms with Gasteiger partial charge in [0.25, 0.3) is 0 Å². The van der Waals surface area contributed by atoms with Crippen LogP contribution in [-0.4, -0.2) is 24.7 Å². The molecule has 3 N–H and O–H groups in total. The number of hydrogen-bond donors (Lipinski definition) is 3. The Morgan fingerprint density at radius 1 is 1.15 bits per heavy atom. The molecule has 2 aromatic carbocycles. The van der Waals surface area contributed by atoms with Crippen molar-refractivity contribution in [3.63, 3.8) is 0 Å². The van der Waals surface area contributed by atoms with Crippen LogP contribution < -0.4 is 10.6 Å². The third-order valence-electron chi connectivity index (χ3n) is 3.91. The maximum absolute atomic E-state index is 13.7. The molecular formula is C19H20F2IN3OS. The number of aliphatic hydroxyl groups is 1. The van der Waals surface area contributed by atoms with Crippen molar-refractivity contribution in [2.45, 2.75) is 12.6 Å². The number of guanidine groups is 1. The summed E-state index contributed by atoms with van der Waals surface area (Å²) in [6.45, 7) is 0.334. The van der Waals surface area contributed by atoms with E-state index in [-0.39, 0.29) is 42.6 Å². The number of nitrogens with one attached hydrogen (secondary N) is 2. The summed E-state index contributed by atoms with van der Waals surface area (Å²) in [5.41, 5.74) is 0.206. The number of thiophene rings is 1. The van der Waals surface area contributed by atoms with Crippen LogP contribution in [0.4, 0.5) is 8.78 Å². The van der Waals surface area contributed by atoms with Crippen molar-refractivity contribution in [2.75, 3.05) is 13.6 Å². The standard InChI is InChI=1S/C19H19F2N3OS.HI/c1-22-19(23-10-13-8-14(20)6-7-15(13)21)24-11-16(25)18-9-12-4-2-3-5-17(12)26-18;/h2-9,16,25H,10-11H2,1H3,(H2,22,23,24);1H. The van der Waals surface area contributed by atoms with Crippen molar-refractivity contribution < 1.29 is 13.9 Å². The van der Waals surface area contributed by atoms with Crippen LogP contribution in [0.1, 0.15) is 16.5 Å². The summed E-state index contributed by atoms with van der Waals surface area (Å²) < 4.78 is 28.0. The summed E-state index contributed by atoms with van der Waals surface area (Å²) in [6.07, 6.45) is -0.697. The Hall–Kier alpha value is -1.78. The predicted molar refractivity (Wildman–Crippen MR) is 117 cm³/mol. The van der Waals surface area contributed by atoms with Gasteiger partial charge in [-0.15, -0.1) is 35.3 Å². The maximum atomic E-state index is 13.7. The Morgan fingerprint density at radius 2 is 1.93 bits per heavy atom. The Labute approximate surface area is 177 Å². The van der Waals surface area contributed by atoms with Crippen molar-refractivity contribution in [3.05, 3.63) is 70.6 Å². The van der Waals surface area contributed by atoms with E-state index < -0.39 is 17.7 Å². The van der Waals surface area contributed by atoms with E-state index >= 15 is 0 Å². The van der Waals surface area contributed by atoms with Gasteiger partial charge in [0.2, 0.25) is 0 Å². The van der Waals surface area contributed by atoms with Crippen LogP contribution in [0.2, 0.25) is 0 Å². The van der Waals surface area contributed by atoms with E-state index in [0.29, 0.717) is 5.96 Å². The molecule has 0 fully saturated rings. The SMILES string of the molecule is CN=C(NCc1cc(F)ccc1F)NCC(O)c1cc2ccccc2s1.I. The second-order valence-corrected chi connectivity index (χ2v) is 6.86. The van der Waals surface area contributed by atoms with Crippen LogP contribution in [0.3, 0.4) is 0 Å². The Bertz CT molecular complexity index is 899. The molecule has 144 valence electrons. The molecular weight excluding hydrogens is 483 g/mol. The van der Waals surface area contributed by atoms with E-state index in [1.54, 1.807) is 7.05 Å². The Kier molecular flexibility index (Phi) is 7.93. The molecule has 0 bridgehead atoms. The first-order chi connectivity index (χ1) is 12.6. The van der Waals surface area contributed by atoms with Crippen LogP contribution in [0.15, 0.2) is 53.5 Å². The molecule has 1 aromatic heterocycles. The zero-order valence-corrected chi connectivity index (χ0v) is 17.7. The van der Waals surface area contributed by atoms with E-state index in [1.165, 1.54) is 11.3 Å². The summed E-state index contributed by atoms with van der Waals surface area (Å²) in [7, 11) is 1.57. The van der Waals surface area contributed by atoms with Crippen molar-refractivity contribution in [3.8, 4) is 0 Å². The Morgan fingerprint density at radius 3 is 2.67 bits per heavy atom. The van der Waals surface area contributed by atoms with Gasteiger partial charge in [-0.1, -0.05) is 18.2 Å². The van der Waals surface area contributed by atoms with Crippen LogP contribution >= 0.6 is 35.3 Å². The smallest absolute Gasteiger partial charge is 0.191 e. The number of hydrogen-bond acceptors (Lipinski definition) is 3. The molecule has 8 heteroatoms. The lowest BCUT2D eigenvalue weighted by Gasteiger charge is -2.15. The van der Waals surface area contributed by atoms with Crippen molar-refractivity contribution in [1.82, 2.24) is 10.6 Å². The molecule has 0 saturated carbocycles. The summed E-state index contributed by atoms with van der Waals surface area (Å²) in [4.78, 5) is 4.89. The molecule has 3 rings (SSSR count). The van der Waals surface area contributed by atoms with Crippen LogP contribution in [0.5, 0.6) is 0 Å². The first kappa shape index (κ1) is 21.5. The summed E-state index contributed by atoms with van der Waals surface area (Å²) in [5, 5.41) is 17.4. The third-order valence-corrected chi connectivity index (χ3v) is 5.13. The molecule has 3 aromatic rings. The molecule has 1 unspecified atom stereocenters. The molecule has 0 amide bonds. The lowest BCUT2D eigenvalue weighted by Crippen LogP contribution is -2.39. The maximum Gasteiger partial charge on any atom is 0.191 e. The van der Waals surface area contributed by atoms with E-state index in [2.05, 4.69) is 15.6 Å². The summed E-state index contributed by atoms with van der Waals surface area (Å²) in [5.74, 6) is -0.584. The largest absolute Gasteiger partial charge is 0.386 e. The van der Waals surface area contributed by atoms with E-state index in [4.69, 9.17) is 0 Å². The van der Waals surface area contributed by atoms with Gasteiger partial charge >= 0.3 is 0 Å². The minimum atomic E-state index is -0.697. The zero-order chi connectivity index (χ0) is 18.5. The van der Waals surface area contributed by atoms with Crippen LogP contribution in [0.25, 0.3) is 10.1 Å². The molecule has 0 saturated heterocycles. The molecule has 0 aliphatic carbocycles. The number of nitrogens with zero attached hydrogens (tertiary/aromatic N) is 1. The molecule has 0 spiro atoms. The number of aliphatic hydroxyl groups excluding tert-OH is 1. The molecule has 27 heavy (non-hydrogen) atoms. The van der Waals surface area contributed by atoms with Gasteiger partial charge in [0.1, 0.15) is 17.7 Å². The molecule has 1 heterocycles. The normalized spacial score (nSPS) is 12.5. The topological polar surface area (TPSA) is 56.7 Å². The monoisotopic (exact) mass is 503 g/mol. The minimum Gasteiger partial charge on any atom is -0.386 e. The number of aliphatic imine (C=N–C) groups is 1. The Balaban J connectivity index is 0.00000261. The average Bonchev–Trinajstić information content (AvgIpc) is 3.08. The van der Waals surface area contributed by atoms with Crippen molar-refractivity contribution >= 4 is 51.4 Å². The number of benzene rings is 2. The predicted octanol–water partition coefficient (Wildman–Crippen LogP) is 4.20. The van der Waals surface area contributed by atoms with Crippen molar-refractivity contribution in [2.24, 2.45) is 4.99 Å². The average molecular weight is 503 g/mol. The van der Waals surface area contributed by atoms with Gasteiger partial charge in [-0.3, -0.25) is 4.99 Å². The minimum absolute atomic E-state index is 0. The number of rotatable bonds is 5. The highest BCUT2D eigenvalue weighted by atomic mass is 127. The zero-order valence-electron chi connectivity index (χ0n) is 14.6. The van der Waals surface area contributed by atoms with Crippen molar-refractivity contribution in [1.29, 1.82) is 0 Å². The summed E-state index contributed by atoms with van der Waals surface area (Å²) >= 11 is 1.54. The van der Waals surface area contributed by atoms with Crippen LogP contribution in [0, 0.1) is 11.6 Å². The molecule has 0 aliphatic rings. The molecule has 4 nitrogen and oxygen atoms in total. The first-order valence-electron chi connectivity index (χ1n) is 8.12. The second kappa shape index (κ2) is 9.95. The van der Waals surface area contributed by atoms with Gasteiger partial charge in [0.15, 0.2) is 5.96 Å². The van der Waals surface area contributed by atoms with Gasteiger partial charge < -0.3 is 15.7 Å². The van der Waals surface area contributed by atoms with E-state index in [1.807, 2.05) is 30.3 Å². The quantitative estimate of drug-likeness (QED) is 0.278. The highest BCUT2D eigenvalue weighted by molar-refractivity contribution is 14.0. The second-order valence-electron chi connectivity index (χ2n) is 5.74. The van der Waals surface area contributed by atoms with Gasteiger partial charge in [0.05, 0.1) is 0 Å². The highest BCUT2D eigenvalue weighted by Gasteiger charge is 2.12. The first-order valence-corrected chi connectivity index (χ1v) is 8.93. The van der Waals surface area contributed by atoms with Gasteiger partial charge in [0, 0.05) is 35.3 Å². The van der Waals surface area contributed by atoms with Gasteiger partial charge in [-0.05, 0) is 35.7 Å². The summed E-state index contributed by atoms with van der Waals surface area (Å²) in [6, 6.07) is 13.2. The lowest BCUT2D eigenvalue weighted by molar-refractivity contribution is 0.184.